The molecular weight excluding hydrogens is 331 g/mol. The van der Waals surface area contributed by atoms with Crippen molar-refractivity contribution in [1.82, 2.24) is 14.9 Å². The molecular formula is C13H8ClFN4S2. The Morgan fingerprint density at radius 2 is 2.24 bits per heavy atom. The molecule has 0 saturated carbocycles. The van der Waals surface area contributed by atoms with Gasteiger partial charge in [-0.15, -0.1) is 11.3 Å². The van der Waals surface area contributed by atoms with Crippen LogP contribution in [-0.4, -0.2) is 21.1 Å². The Hall–Kier alpha value is -1.83. The van der Waals surface area contributed by atoms with E-state index in [0.717, 1.165) is 4.88 Å². The lowest BCUT2D eigenvalue weighted by Gasteiger charge is -2.00. The van der Waals surface area contributed by atoms with Gasteiger partial charge in [0.15, 0.2) is 5.82 Å². The zero-order valence-electron chi connectivity index (χ0n) is 10.5. The number of thiophene rings is 1. The van der Waals surface area contributed by atoms with Gasteiger partial charge in [-0.05, 0) is 35.8 Å². The van der Waals surface area contributed by atoms with Crippen LogP contribution in [0, 0.1) is 10.6 Å². The van der Waals surface area contributed by atoms with Crippen LogP contribution in [0.4, 0.5) is 4.39 Å². The lowest BCUT2D eigenvalue weighted by Crippen LogP contribution is -1.96. The van der Waals surface area contributed by atoms with Crippen LogP contribution in [0.15, 0.2) is 40.8 Å². The molecule has 0 atom stereocenters. The third kappa shape index (κ3) is 2.80. The number of benzene rings is 1. The van der Waals surface area contributed by atoms with E-state index in [4.69, 9.17) is 23.8 Å². The maximum atomic E-state index is 13.7. The van der Waals surface area contributed by atoms with Gasteiger partial charge >= 0.3 is 0 Å². The average Bonchev–Trinajstić information content (AvgIpc) is 3.08. The van der Waals surface area contributed by atoms with E-state index in [-0.39, 0.29) is 10.6 Å². The second kappa shape index (κ2) is 5.88. The molecule has 0 fully saturated rings. The molecule has 0 aliphatic heterocycles. The number of hydrogen-bond donors (Lipinski definition) is 1. The number of nitrogens with zero attached hydrogens (tertiary/aromatic N) is 3. The van der Waals surface area contributed by atoms with Gasteiger partial charge in [-0.1, -0.05) is 23.7 Å². The molecule has 106 valence electrons. The van der Waals surface area contributed by atoms with Gasteiger partial charge in [-0.3, -0.25) is 0 Å². The Bertz CT molecular complexity index is 831. The molecule has 0 amide bonds. The number of nitrogens with one attached hydrogen (secondary N) is 1. The van der Waals surface area contributed by atoms with Gasteiger partial charge in [0.05, 0.1) is 16.1 Å². The standard InChI is InChI=1S/C13H8ClFN4S2/c14-9-3-1-4-10(15)8(9)7-16-19-12(17-18-13(19)20)11-5-2-6-21-11/h1-7H,(H,18,20)/b16-7+. The lowest BCUT2D eigenvalue weighted by atomic mass is 10.2. The van der Waals surface area contributed by atoms with Gasteiger partial charge in [0.2, 0.25) is 4.77 Å². The molecule has 3 aromatic rings. The molecule has 1 N–H and O–H groups in total. The summed E-state index contributed by atoms with van der Waals surface area (Å²) in [5.41, 5.74) is 0.208. The van der Waals surface area contributed by atoms with Gasteiger partial charge in [0.1, 0.15) is 5.82 Å². The van der Waals surface area contributed by atoms with Crippen LogP contribution in [0.3, 0.4) is 0 Å². The van der Waals surface area contributed by atoms with Crippen molar-refractivity contribution in [1.29, 1.82) is 0 Å². The van der Waals surface area contributed by atoms with E-state index in [1.807, 2.05) is 17.5 Å². The van der Waals surface area contributed by atoms with Gasteiger partial charge in [0.25, 0.3) is 0 Å². The van der Waals surface area contributed by atoms with Gasteiger partial charge < -0.3 is 0 Å². The smallest absolute Gasteiger partial charge is 0.216 e. The number of aromatic nitrogens is 3. The fraction of sp³-hybridized carbons (Fsp3) is 0. The molecule has 3 rings (SSSR count). The Morgan fingerprint density at radius 1 is 1.38 bits per heavy atom. The third-order valence-corrected chi connectivity index (χ3v) is 4.15. The number of hydrogen-bond acceptors (Lipinski definition) is 4. The van der Waals surface area contributed by atoms with Crippen LogP contribution in [0.25, 0.3) is 10.7 Å². The Labute approximate surface area is 133 Å². The third-order valence-electron chi connectivity index (χ3n) is 2.69. The molecule has 8 heteroatoms. The summed E-state index contributed by atoms with van der Waals surface area (Å²) in [6.07, 6.45) is 1.33. The van der Waals surface area contributed by atoms with E-state index in [1.54, 1.807) is 6.07 Å². The molecule has 0 aliphatic rings. The molecule has 0 aliphatic carbocycles. The Balaban J connectivity index is 2.05. The first kappa shape index (κ1) is 14.1. The minimum Gasteiger partial charge on any atom is -0.250 e. The highest BCUT2D eigenvalue weighted by Crippen LogP contribution is 2.23. The van der Waals surface area contributed by atoms with Crippen LogP contribution >= 0.6 is 35.2 Å². The minimum atomic E-state index is -0.445. The van der Waals surface area contributed by atoms with Crippen LogP contribution in [0.1, 0.15) is 5.56 Å². The van der Waals surface area contributed by atoms with Crippen molar-refractivity contribution in [3.63, 3.8) is 0 Å². The van der Waals surface area contributed by atoms with Crippen LogP contribution in [0.2, 0.25) is 5.02 Å². The minimum absolute atomic E-state index is 0.208. The molecule has 0 saturated heterocycles. The SMILES string of the molecule is Fc1cccc(Cl)c1/C=N/n1c(-c2cccs2)n[nH]c1=S. The van der Waals surface area contributed by atoms with Crippen LogP contribution < -0.4 is 0 Å². The van der Waals surface area contributed by atoms with E-state index in [9.17, 15) is 4.39 Å². The maximum Gasteiger partial charge on any atom is 0.216 e. The summed E-state index contributed by atoms with van der Waals surface area (Å²) < 4.78 is 15.5. The quantitative estimate of drug-likeness (QED) is 0.570. The summed E-state index contributed by atoms with van der Waals surface area (Å²) in [6.45, 7) is 0. The van der Waals surface area contributed by atoms with E-state index >= 15 is 0 Å². The molecule has 1 aromatic carbocycles. The molecule has 4 nitrogen and oxygen atoms in total. The highest BCUT2D eigenvalue weighted by atomic mass is 35.5. The predicted octanol–water partition coefficient (Wildman–Crippen LogP) is 4.34. The molecule has 0 unspecified atom stereocenters. The zero-order valence-corrected chi connectivity index (χ0v) is 12.8. The highest BCUT2D eigenvalue weighted by Gasteiger charge is 2.09. The van der Waals surface area contributed by atoms with E-state index in [1.165, 1.54) is 34.4 Å². The van der Waals surface area contributed by atoms with Crippen molar-refractivity contribution in [2.24, 2.45) is 5.10 Å². The van der Waals surface area contributed by atoms with E-state index in [2.05, 4.69) is 15.3 Å². The fourth-order valence-electron chi connectivity index (χ4n) is 1.71. The number of aromatic amines is 1. The molecule has 2 aromatic heterocycles. The lowest BCUT2D eigenvalue weighted by molar-refractivity contribution is 0.625. The summed E-state index contributed by atoms with van der Waals surface area (Å²) in [7, 11) is 0. The topological polar surface area (TPSA) is 46.0 Å². The Kier molecular flexibility index (Phi) is 3.96. The Morgan fingerprint density at radius 3 is 2.95 bits per heavy atom. The summed E-state index contributed by atoms with van der Waals surface area (Å²) >= 11 is 12.6. The summed E-state index contributed by atoms with van der Waals surface area (Å²) in [5.74, 6) is 0.123. The first-order valence-corrected chi connectivity index (χ1v) is 7.53. The van der Waals surface area contributed by atoms with Crippen LogP contribution in [-0.2, 0) is 0 Å². The summed E-state index contributed by atoms with van der Waals surface area (Å²) in [5, 5.41) is 13.2. The first-order chi connectivity index (χ1) is 10.2. The second-order valence-corrected chi connectivity index (χ2v) is 5.76. The number of halogens is 2. The summed E-state index contributed by atoms with van der Waals surface area (Å²) in [6, 6.07) is 8.26. The molecule has 21 heavy (non-hydrogen) atoms. The van der Waals surface area contributed by atoms with Gasteiger partial charge in [0, 0.05) is 5.56 Å². The van der Waals surface area contributed by atoms with Crippen molar-refractivity contribution in [2.75, 3.05) is 0 Å². The molecule has 0 bridgehead atoms. The number of rotatable bonds is 3. The first-order valence-electron chi connectivity index (χ1n) is 5.86. The van der Waals surface area contributed by atoms with Crippen molar-refractivity contribution < 1.29 is 4.39 Å². The fourth-order valence-corrected chi connectivity index (χ4v) is 2.80. The van der Waals surface area contributed by atoms with Crippen LogP contribution in [0.5, 0.6) is 0 Å². The summed E-state index contributed by atoms with van der Waals surface area (Å²) in [4.78, 5) is 0.902. The average molecular weight is 339 g/mol. The van der Waals surface area contributed by atoms with Gasteiger partial charge in [-0.2, -0.15) is 14.9 Å². The van der Waals surface area contributed by atoms with Crippen molar-refractivity contribution in [2.45, 2.75) is 0 Å². The predicted molar refractivity (Wildman–Crippen MR) is 85.1 cm³/mol. The number of H-pyrrole nitrogens is 1. The van der Waals surface area contributed by atoms with Gasteiger partial charge in [-0.25, -0.2) is 9.49 Å². The monoisotopic (exact) mass is 338 g/mol. The highest BCUT2D eigenvalue weighted by molar-refractivity contribution is 7.71. The van der Waals surface area contributed by atoms with Crippen molar-refractivity contribution in [3.8, 4) is 10.7 Å². The molecule has 0 spiro atoms. The van der Waals surface area contributed by atoms with Crippen molar-refractivity contribution >= 4 is 41.4 Å². The maximum absolute atomic E-state index is 13.7. The normalized spacial score (nSPS) is 11.3. The van der Waals surface area contributed by atoms with E-state index < -0.39 is 5.82 Å². The largest absolute Gasteiger partial charge is 0.250 e. The van der Waals surface area contributed by atoms with Crippen molar-refractivity contribution in [3.05, 3.63) is 56.9 Å². The zero-order chi connectivity index (χ0) is 14.8. The molecule has 2 heterocycles. The molecule has 0 radical (unpaired) electrons. The second-order valence-electron chi connectivity index (χ2n) is 4.02. The van der Waals surface area contributed by atoms with E-state index in [0.29, 0.717) is 10.6 Å².